The molecule has 0 heterocycles. The minimum absolute atomic E-state index is 0. The van der Waals surface area contributed by atoms with Crippen molar-refractivity contribution in [3.63, 3.8) is 0 Å². The lowest BCUT2D eigenvalue weighted by molar-refractivity contribution is -0.0498. The van der Waals surface area contributed by atoms with Gasteiger partial charge in [-0.25, -0.2) is 0 Å². The van der Waals surface area contributed by atoms with Gasteiger partial charge in [-0.1, -0.05) is 19.1 Å². The highest BCUT2D eigenvalue weighted by Crippen LogP contribution is 2.20. The van der Waals surface area contributed by atoms with E-state index in [0.29, 0.717) is 0 Å². The van der Waals surface area contributed by atoms with Crippen molar-refractivity contribution in [2.45, 2.75) is 26.0 Å². The van der Waals surface area contributed by atoms with E-state index in [-0.39, 0.29) is 24.2 Å². The second kappa shape index (κ2) is 6.58. The van der Waals surface area contributed by atoms with Crippen molar-refractivity contribution in [2.75, 3.05) is 0 Å². The first-order valence-corrected chi connectivity index (χ1v) is 4.43. The van der Waals surface area contributed by atoms with Crippen LogP contribution in [0.15, 0.2) is 24.3 Å². The molecule has 86 valence electrons. The van der Waals surface area contributed by atoms with Crippen molar-refractivity contribution in [2.24, 2.45) is 5.73 Å². The molecule has 1 aromatic rings. The highest BCUT2D eigenvalue weighted by Gasteiger charge is 2.07. The summed E-state index contributed by atoms with van der Waals surface area (Å²) in [5, 5.41) is 0. The van der Waals surface area contributed by atoms with E-state index in [9.17, 15) is 8.78 Å². The zero-order valence-electron chi connectivity index (χ0n) is 8.32. The van der Waals surface area contributed by atoms with Gasteiger partial charge < -0.3 is 10.5 Å². The molecule has 1 rings (SSSR count). The van der Waals surface area contributed by atoms with Crippen LogP contribution in [0.25, 0.3) is 0 Å². The molecule has 0 aromatic heterocycles. The van der Waals surface area contributed by atoms with Crippen LogP contribution >= 0.6 is 12.4 Å². The zero-order valence-corrected chi connectivity index (χ0v) is 9.14. The molecule has 1 atom stereocenters. The molecule has 0 bridgehead atoms. The van der Waals surface area contributed by atoms with E-state index < -0.39 is 6.61 Å². The Morgan fingerprint density at radius 2 is 2.07 bits per heavy atom. The summed E-state index contributed by atoms with van der Waals surface area (Å²) in [5.41, 5.74) is 6.56. The van der Waals surface area contributed by atoms with Gasteiger partial charge >= 0.3 is 6.61 Å². The molecule has 1 aromatic carbocycles. The average Bonchev–Trinajstić information content (AvgIpc) is 2.16. The van der Waals surface area contributed by atoms with Crippen LogP contribution in [0.1, 0.15) is 24.9 Å². The second-order valence-corrected chi connectivity index (χ2v) is 2.97. The first-order chi connectivity index (χ1) is 6.63. The van der Waals surface area contributed by atoms with Crippen LogP contribution < -0.4 is 10.5 Å². The summed E-state index contributed by atoms with van der Waals surface area (Å²) in [7, 11) is 0. The highest BCUT2D eigenvalue weighted by atomic mass is 35.5. The number of halogens is 3. The lowest BCUT2D eigenvalue weighted by Crippen LogP contribution is -2.09. The maximum atomic E-state index is 11.9. The summed E-state index contributed by atoms with van der Waals surface area (Å²) in [6.07, 6.45) is 0.762. The van der Waals surface area contributed by atoms with E-state index in [0.717, 1.165) is 12.0 Å². The Bertz CT molecular complexity index is 297. The molecule has 0 unspecified atom stereocenters. The van der Waals surface area contributed by atoms with Crippen LogP contribution in [0.2, 0.25) is 0 Å². The van der Waals surface area contributed by atoms with Crippen molar-refractivity contribution in [3.8, 4) is 5.75 Å². The number of benzene rings is 1. The van der Waals surface area contributed by atoms with Crippen LogP contribution in [0.3, 0.4) is 0 Å². The van der Waals surface area contributed by atoms with Gasteiger partial charge in [0.15, 0.2) is 0 Å². The molecule has 0 aliphatic carbocycles. The van der Waals surface area contributed by atoms with E-state index in [1.165, 1.54) is 6.07 Å². The summed E-state index contributed by atoms with van der Waals surface area (Å²) in [6, 6.07) is 6.35. The van der Waals surface area contributed by atoms with Gasteiger partial charge in [0.25, 0.3) is 0 Å². The van der Waals surface area contributed by atoms with Gasteiger partial charge in [-0.05, 0) is 24.1 Å². The minimum Gasteiger partial charge on any atom is -0.435 e. The lowest BCUT2D eigenvalue weighted by atomic mass is 10.1. The van der Waals surface area contributed by atoms with Gasteiger partial charge in [-0.15, -0.1) is 12.4 Å². The van der Waals surface area contributed by atoms with E-state index >= 15 is 0 Å². The van der Waals surface area contributed by atoms with Gasteiger partial charge in [0.05, 0.1) is 0 Å². The number of hydrogen-bond donors (Lipinski definition) is 1. The van der Waals surface area contributed by atoms with Crippen molar-refractivity contribution in [1.29, 1.82) is 0 Å². The Labute approximate surface area is 93.8 Å². The molecule has 0 saturated heterocycles. The summed E-state index contributed by atoms with van der Waals surface area (Å²) >= 11 is 0. The fourth-order valence-corrected chi connectivity index (χ4v) is 1.16. The first kappa shape index (κ1) is 14.1. The minimum atomic E-state index is -2.79. The summed E-state index contributed by atoms with van der Waals surface area (Å²) in [5.74, 6) is 0.154. The van der Waals surface area contributed by atoms with Crippen molar-refractivity contribution in [3.05, 3.63) is 29.8 Å². The molecule has 0 radical (unpaired) electrons. The van der Waals surface area contributed by atoms with Crippen molar-refractivity contribution >= 4 is 12.4 Å². The summed E-state index contributed by atoms with van der Waals surface area (Å²) in [4.78, 5) is 0. The Hall–Kier alpha value is -0.870. The van der Waals surface area contributed by atoms with Crippen LogP contribution in [0, 0.1) is 0 Å². The highest BCUT2D eigenvalue weighted by molar-refractivity contribution is 5.85. The standard InChI is InChI=1S/C10H13F2NO.ClH/c1-2-9(13)7-4-3-5-8(6-7)14-10(11)12;/h3-6,9-10H,2,13H2,1H3;1H/t9-;/m0./s1. The largest absolute Gasteiger partial charge is 0.435 e. The quantitative estimate of drug-likeness (QED) is 0.873. The van der Waals surface area contributed by atoms with Crippen LogP contribution in [-0.2, 0) is 0 Å². The van der Waals surface area contributed by atoms with Crippen LogP contribution in [-0.4, -0.2) is 6.61 Å². The average molecular weight is 238 g/mol. The van der Waals surface area contributed by atoms with Gasteiger partial charge in [-0.2, -0.15) is 8.78 Å². The molecule has 5 heteroatoms. The Morgan fingerprint density at radius 3 is 2.60 bits per heavy atom. The number of hydrogen-bond acceptors (Lipinski definition) is 2. The molecule has 15 heavy (non-hydrogen) atoms. The zero-order chi connectivity index (χ0) is 10.6. The fourth-order valence-electron chi connectivity index (χ4n) is 1.16. The van der Waals surface area contributed by atoms with E-state index in [1.54, 1.807) is 18.2 Å². The smallest absolute Gasteiger partial charge is 0.387 e. The third-order valence-corrected chi connectivity index (χ3v) is 1.95. The Balaban J connectivity index is 0.00000196. The van der Waals surface area contributed by atoms with Gasteiger partial charge in [0.1, 0.15) is 5.75 Å². The molecule has 2 nitrogen and oxygen atoms in total. The Morgan fingerprint density at radius 1 is 1.40 bits per heavy atom. The monoisotopic (exact) mass is 237 g/mol. The van der Waals surface area contributed by atoms with Crippen molar-refractivity contribution in [1.82, 2.24) is 0 Å². The summed E-state index contributed by atoms with van der Waals surface area (Å²) in [6.45, 7) is -0.853. The van der Waals surface area contributed by atoms with Crippen molar-refractivity contribution < 1.29 is 13.5 Å². The maximum absolute atomic E-state index is 11.9. The molecular weight excluding hydrogens is 224 g/mol. The maximum Gasteiger partial charge on any atom is 0.387 e. The molecule has 0 saturated carbocycles. The normalized spacial score (nSPS) is 12.1. The molecule has 0 fully saturated rings. The van der Waals surface area contributed by atoms with E-state index in [4.69, 9.17) is 5.73 Å². The predicted octanol–water partition coefficient (Wildman–Crippen LogP) is 3.12. The van der Waals surface area contributed by atoms with E-state index in [1.807, 2.05) is 6.92 Å². The van der Waals surface area contributed by atoms with Gasteiger partial charge in [0.2, 0.25) is 0 Å². The second-order valence-electron chi connectivity index (χ2n) is 2.97. The molecule has 0 amide bonds. The molecule has 0 aliphatic rings. The van der Waals surface area contributed by atoms with Gasteiger partial charge in [0, 0.05) is 6.04 Å². The lowest BCUT2D eigenvalue weighted by Gasteiger charge is -2.11. The summed E-state index contributed by atoms with van der Waals surface area (Å²) < 4.78 is 28.0. The first-order valence-electron chi connectivity index (χ1n) is 4.43. The third-order valence-electron chi connectivity index (χ3n) is 1.95. The molecular formula is C10H14ClF2NO. The van der Waals surface area contributed by atoms with Gasteiger partial charge in [-0.3, -0.25) is 0 Å². The molecule has 2 N–H and O–H groups in total. The number of rotatable bonds is 4. The fraction of sp³-hybridized carbons (Fsp3) is 0.400. The third kappa shape index (κ3) is 4.44. The topological polar surface area (TPSA) is 35.2 Å². The Kier molecular flexibility index (Phi) is 6.20. The number of alkyl halides is 2. The number of ether oxygens (including phenoxy) is 1. The number of nitrogens with two attached hydrogens (primary N) is 1. The predicted molar refractivity (Wildman–Crippen MR) is 57.5 cm³/mol. The molecule has 0 spiro atoms. The molecule has 0 aliphatic heterocycles. The SMILES string of the molecule is CC[C@H](N)c1cccc(OC(F)F)c1.Cl. The van der Waals surface area contributed by atoms with Crippen LogP contribution in [0.4, 0.5) is 8.78 Å². The van der Waals surface area contributed by atoms with E-state index in [2.05, 4.69) is 4.74 Å². The van der Waals surface area contributed by atoms with Crippen LogP contribution in [0.5, 0.6) is 5.75 Å².